The summed E-state index contributed by atoms with van der Waals surface area (Å²) < 4.78 is 1.33. The van der Waals surface area contributed by atoms with E-state index in [1.807, 2.05) is 17.5 Å². The Bertz CT molecular complexity index is 871. The van der Waals surface area contributed by atoms with Gasteiger partial charge in [-0.2, -0.15) is 0 Å². The number of nitrogens with zero attached hydrogens (tertiary/aromatic N) is 4. The van der Waals surface area contributed by atoms with Gasteiger partial charge in [-0.1, -0.05) is 6.07 Å². The van der Waals surface area contributed by atoms with Gasteiger partial charge in [-0.3, -0.25) is 5.43 Å². The average Bonchev–Trinajstić information content (AvgIpc) is 3.12. The monoisotopic (exact) mass is 371 g/mol. The van der Waals surface area contributed by atoms with E-state index in [1.165, 1.54) is 14.6 Å². The predicted molar refractivity (Wildman–Crippen MR) is 107 cm³/mol. The van der Waals surface area contributed by atoms with E-state index in [2.05, 4.69) is 68.9 Å². The largest absolute Gasteiger partial charge is 0.304 e. The number of hydrogen-bond donors (Lipinski definition) is 1. The van der Waals surface area contributed by atoms with Gasteiger partial charge in [0.1, 0.15) is 0 Å². The average molecular weight is 372 g/mol. The maximum atomic E-state index is 4.67. The van der Waals surface area contributed by atoms with Crippen molar-refractivity contribution in [1.82, 2.24) is 19.9 Å². The van der Waals surface area contributed by atoms with Gasteiger partial charge in [-0.15, -0.1) is 23.1 Å². The normalized spacial score (nSPS) is 16.4. The molecule has 0 bridgehead atoms. The number of likely N-dealkylation sites (N-methyl/N-ethyl adjacent to an activating group) is 1. The molecule has 1 N–H and O–H groups in total. The molecule has 130 valence electrons. The van der Waals surface area contributed by atoms with E-state index in [0.29, 0.717) is 5.95 Å². The predicted octanol–water partition coefficient (Wildman–Crippen LogP) is 3.65. The quantitative estimate of drug-likeness (QED) is 0.706. The molecule has 0 aliphatic carbocycles. The Hall–Kier alpha value is -1.67. The highest BCUT2D eigenvalue weighted by Crippen LogP contribution is 2.34. The smallest absolute Gasteiger partial charge is 0.238 e. The van der Waals surface area contributed by atoms with E-state index in [1.54, 1.807) is 11.8 Å². The van der Waals surface area contributed by atoms with Crippen LogP contribution in [0.1, 0.15) is 0 Å². The molecule has 1 fully saturated rings. The first kappa shape index (κ1) is 16.8. The van der Waals surface area contributed by atoms with Gasteiger partial charge in [0, 0.05) is 42.6 Å². The molecule has 0 saturated carbocycles. The van der Waals surface area contributed by atoms with Crippen molar-refractivity contribution in [3.8, 4) is 10.4 Å². The lowest BCUT2D eigenvalue weighted by Gasteiger charge is -2.32. The topological polar surface area (TPSA) is 44.3 Å². The SMILES string of the molecule is CSc1ccc(-c2ccc3nc(NN4CCN(C)CC4)ncc3c2)s1. The molecule has 25 heavy (non-hydrogen) atoms. The minimum absolute atomic E-state index is 0.672. The minimum atomic E-state index is 0.672. The summed E-state index contributed by atoms with van der Waals surface area (Å²) in [4.78, 5) is 12.8. The highest BCUT2D eigenvalue weighted by molar-refractivity contribution is 8.00. The lowest BCUT2D eigenvalue weighted by atomic mass is 10.1. The van der Waals surface area contributed by atoms with E-state index in [0.717, 1.165) is 37.1 Å². The summed E-state index contributed by atoms with van der Waals surface area (Å²) in [5.41, 5.74) is 5.53. The Morgan fingerprint density at radius 1 is 1.12 bits per heavy atom. The lowest BCUT2D eigenvalue weighted by molar-refractivity contribution is 0.178. The summed E-state index contributed by atoms with van der Waals surface area (Å²) in [6, 6.07) is 10.8. The number of rotatable bonds is 4. The standard InChI is InChI=1S/C18H21N5S2/c1-22-7-9-23(10-8-22)21-18-19-12-14-11-13(3-4-15(14)20-18)16-5-6-17(24-2)25-16/h3-6,11-12H,7-10H2,1-2H3,(H,19,20,21). The highest BCUT2D eigenvalue weighted by atomic mass is 32.2. The molecule has 2 aromatic heterocycles. The van der Waals surface area contributed by atoms with Gasteiger partial charge in [0.05, 0.1) is 9.73 Å². The zero-order valence-corrected chi connectivity index (χ0v) is 16.0. The van der Waals surface area contributed by atoms with Crippen molar-refractivity contribution in [3.63, 3.8) is 0 Å². The van der Waals surface area contributed by atoms with Gasteiger partial charge < -0.3 is 4.90 Å². The van der Waals surface area contributed by atoms with E-state index < -0.39 is 0 Å². The molecule has 0 amide bonds. The van der Waals surface area contributed by atoms with Gasteiger partial charge in [0.25, 0.3) is 0 Å². The van der Waals surface area contributed by atoms with Crippen LogP contribution in [0.3, 0.4) is 0 Å². The van der Waals surface area contributed by atoms with Gasteiger partial charge in [0.15, 0.2) is 0 Å². The molecule has 0 radical (unpaired) electrons. The van der Waals surface area contributed by atoms with E-state index in [4.69, 9.17) is 0 Å². The van der Waals surface area contributed by atoms with Crippen LogP contribution in [-0.4, -0.2) is 59.4 Å². The van der Waals surface area contributed by atoms with Gasteiger partial charge in [-0.25, -0.2) is 15.0 Å². The number of hydrazine groups is 1. The summed E-state index contributed by atoms with van der Waals surface area (Å²) in [7, 11) is 2.15. The Labute approximate surface area is 156 Å². The molecule has 3 heterocycles. The summed E-state index contributed by atoms with van der Waals surface area (Å²) in [5, 5.41) is 3.26. The Balaban J connectivity index is 1.54. The van der Waals surface area contributed by atoms with Crippen molar-refractivity contribution < 1.29 is 0 Å². The Kier molecular flexibility index (Phi) is 4.89. The number of piperazine rings is 1. The van der Waals surface area contributed by atoms with Gasteiger partial charge in [-0.05, 0) is 43.1 Å². The third-order valence-corrected chi connectivity index (χ3v) is 6.63. The molecule has 1 saturated heterocycles. The van der Waals surface area contributed by atoms with Crippen molar-refractivity contribution in [2.45, 2.75) is 4.21 Å². The van der Waals surface area contributed by atoms with Crippen LogP contribution in [-0.2, 0) is 0 Å². The summed E-state index contributed by atoms with van der Waals surface area (Å²) in [6.45, 7) is 4.07. The molecule has 4 rings (SSSR count). The van der Waals surface area contributed by atoms with Crippen LogP contribution in [0.25, 0.3) is 21.3 Å². The molecule has 1 aliphatic heterocycles. The zero-order valence-electron chi connectivity index (χ0n) is 14.4. The minimum Gasteiger partial charge on any atom is -0.304 e. The highest BCUT2D eigenvalue weighted by Gasteiger charge is 2.14. The third-order valence-electron chi connectivity index (χ3n) is 4.41. The van der Waals surface area contributed by atoms with Crippen LogP contribution >= 0.6 is 23.1 Å². The third kappa shape index (κ3) is 3.79. The first-order chi connectivity index (χ1) is 12.2. The second-order valence-electron chi connectivity index (χ2n) is 6.19. The maximum Gasteiger partial charge on any atom is 0.238 e. The van der Waals surface area contributed by atoms with Crippen LogP contribution in [0.5, 0.6) is 0 Å². The van der Waals surface area contributed by atoms with E-state index >= 15 is 0 Å². The van der Waals surface area contributed by atoms with Crippen molar-refractivity contribution in [2.75, 3.05) is 44.9 Å². The van der Waals surface area contributed by atoms with E-state index in [9.17, 15) is 0 Å². The van der Waals surface area contributed by atoms with Crippen molar-refractivity contribution >= 4 is 39.9 Å². The molecule has 0 spiro atoms. The molecule has 0 atom stereocenters. The Morgan fingerprint density at radius 3 is 2.72 bits per heavy atom. The number of fused-ring (bicyclic) bond motifs is 1. The summed E-state index contributed by atoms with van der Waals surface area (Å²) >= 11 is 3.60. The zero-order chi connectivity index (χ0) is 17.2. The molecule has 0 unspecified atom stereocenters. The molecule has 5 nitrogen and oxygen atoms in total. The number of nitrogens with one attached hydrogen (secondary N) is 1. The summed E-state index contributed by atoms with van der Waals surface area (Å²) in [5.74, 6) is 0.672. The number of thiophene rings is 1. The van der Waals surface area contributed by atoms with Crippen LogP contribution in [0.15, 0.2) is 40.7 Å². The van der Waals surface area contributed by atoms with Gasteiger partial charge >= 0.3 is 0 Å². The first-order valence-electron chi connectivity index (χ1n) is 8.32. The molecular weight excluding hydrogens is 350 g/mol. The van der Waals surface area contributed by atoms with Crippen LogP contribution in [0.4, 0.5) is 5.95 Å². The van der Waals surface area contributed by atoms with Crippen LogP contribution in [0.2, 0.25) is 0 Å². The van der Waals surface area contributed by atoms with E-state index in [-0.39, 0.29) is 0 Å². The fourth-order valence-electron chi connectivity index (χ4n) is 2.89. The molecule has 1 aromatic carbocycles. The molecule has 3 aromatic rings. The number of benzene rings is 1. The number of anilines is 1. The molecular formula is C18H21N5S2. The number of hydrogen-bond acceptors (Lipinski definition) is 7. The van der Waals surface area contributed by atoms with Crippen LogP contribution in [0, 0.1) is 0 Å². The lowest BCUT2D eigenvalue weighted by Crippen LogP contribution is -2.47. The number of thioether (sulfide) groups is 1. The number of aromatic nitrogens is 2. The fraction of sp³-hybridized carbons (Fsp3) is 0.333. The molecule has 1 aliphatic rings. The fourth-order valence-corrected chi connectivity index (χ4v) is 4.43. The maximum absolute atomic E-state index is 4.67. The van der Waals surface area contributed by atoms with Crippen molar-refractivity contribution in [1.29, 1.82) is 0 Å². The molecule has 7 heteroatoms. The first-order valence-corrected chi connectivity index (χ1v) is 10.4. The second-order valence-corrected chi connectivity index (χ2v) is 8.38. The second kappa shape index (κ2) is 7.29. The van der Waals surface area contributed by atoms with Gasteiger partial charge in [0.2, 0.25) is 5.95 Å². The Morgan fingerprint density at radius 2 is 1.96 bits per heavy atom. The van der Waals surface area contributed by atoms with Crippen molar-refractivity contribution in [3.05, 3.63) is 36.5 Å². The summed E-state index contributed by atoms with van der Waals surface area (Å²) in [6.07, 6.45) is 4.02. The van der Waals surface area contributed by atoms with Crippen LogP contribution < -0.4 is 5.43 Å². The van der Waals surface area contributed by atoms with Crippen molar-refractivity contribution in [2.24, 2.45) is 0 Å².